The van der Waals surface area contributed by atoms with E-state index in [0.717, 1.165) is 17.0 Å². The first kappa shape index (κ1) is 10.1. The standard InChI is InChI=1S/C11H16N4/c1-7(2)10-5-9-6-12-14-15(9)11(13-10)8(3)4/h5-8H,1-4H3. The zero-order valence-corrected chi connectivity index (χ0v) is 9.60. The summed E-state index contributed by atoms with van der Waals surface area (Å²) in [7, 11) is 0. The van der Waals surface area contributed by atoms with E-state index in [1.165, 1.54) is 0 Å². The second kappa shape index (κ2) is 3.61. The van der Waals surface area contributed by atoms with Crippen LogP contribution in [0.1, 0.15) is 51.0 Å². The van der Waals surface area contributed by atoms with E-state index in [1.807, 2.05) is 4.52 Å². The third kappa shape index (κ3) is 1.71. The van der Waals surface area contributed by atoms with E-state index in [0.29, 0.717) is 11.8 Å². The highest BCUT2D eigenvalue weighted by atomic mass is 15.4. The lowest BCUT2D eigenvalue weighted by Crippen LogP contribution is -2.07. The molecule has 0 aliphatic carbocycles. The van der Waals surface area contributed by atoms with Gasteiger partial charge >= 0.3 is 0 Å². The Hall–Kier alpha value is -1.45. The van der Waals surface area contributed by atoms with Gasteiger partial charge in [0.05, 0.1) is 11.7 Å². The zero-order chi connectivity index (χ0) is 11.0. The van der Waals surface area contributed by atoms with E-state index in [1.54, 1.807) is 6.20 Å². The fraction of sp³-hybridized carbons (Fsp3) is 0.545. The van der Waals surface area contributed by atoms with Gasteiger partial charge in [0.25, 0.3) is 0 Å². The van der Waals surface area contributed by atoms with Crippen LogP contribution in [0, 0.1) is 0 Å². The number of hydrogen-bond donors (Lipinski definition) is 0. The van der Waals surface area contributed by atoms with Crippen LogP contribution in [-0.2, 0) is 0 Å². The van der Waals surface area contributed by atoms with Crippen molar-refractivity contribution in [1.82, 2.24) is 19.8 Å². The van der Waals surface area contributed by atoms with Crippen LogP contribution in [0.15, 0.2) is 12.3 Å². The van der Waals surface area contributed by atoms with Crippen LogP contribution in [0.4, 0.5) is 0 Å². The molecule has 0 atom stereocenters. The van der Waals surface area contributed by atoms with E-state index in [-0.39, 0.29) is 0 Å². The number of rotatable bonds is 2. The molecule has 0 N–H and O–H groups in total. The Morgan fingerprint density at radius 2 is 1.87 bits per heavy atom. The van der Waals surface area contributed by atoms with Gasteiger partial charge in [-0.25, -0.2) is 4.98 Å². The monoisotopic (exact) mass is 204 g/mol. The van der Waals surface area contributed by atoms with E-state index >= 15 is 0 Å². The molecule has 0 fully saturated rings. The van der Waals surface area contributed by atoms with Gasteiger partial charge in [-0.15, -0.1) is 5.10 Å². The summed E-state index contributed by atoms with van der Waals surface area (Å²) in [5.74, 6) is 1.77. The van der Waals surface area contributed by atoms with Crippen LogP contribution >= 0.6 is 0 Å². The van der Waals surface area contributed by atoms with Crippen molar-refractivity contribution in [2.24, 2.45) is 0 Å². The van der Waals surface area contributed by atoms with Gasteiger partial charge in [-0.2, -0.15) is 4.52 Å². The summed E-state index contributed by atoms with van der Waals surface area (Å²) >= 11 is 0. The number of nitrogens with zero attached hydrogens (tertiary/aromatic N) is 4. The van der Waals surface area contributed by atoms with Gasteiger partial charge in [0, 0.05) is 11.6 Å². The molecule has 2 heterocycles. The minimum absolute atomic E-state index is 0.355. The summed E-state index contributed by atoms with van der Waals surface area (Å²) in [6.45, 7) is 8.53. The molecule has 4 heteroatoms. The minimum Gasteiger partial charge on any atom is -0.237 e. The van der Waals surface area contributed by atoms with Gasteiger partial charge < -0.3 is 0 Å². The third-order valence-electron chi connectivity index (χ3n) is 2.44. The molecule has 0 spiro atoms. The molecule has 0 radical (unpaired) electrons. The maximum absolute atomic E-state index is 4.63. The maximum Gasteiger partial charge on any atom is 0.135 e. The van der Waals surface area contributed by atoms with E-state index in [4.69, 9.17) is 0 Å². The highest BCUT2D eigenvalue weighted by molar-refractivity contribution is 5.45. The molecule has 0 aliphatic rings. The van der Waals surface area contributed by atoms with Crippen LogP contribution < -0.4 is 0 Å². The molecule has 0 amide bonds. The van der Waals surface area contributed by atoms with E-state index in [2.05, 4.69) is 49.1 Å². The van der Waals surface area contributed by atoms with Gasteiger partial charge in [0.1, 0.15) is 5.82 Å². The summed E-state index contributed by atoms with van der Waals surface area (Å²) in [5.41, 5.74) is 2.13. The summed E-state index contributed by atoms with van der Waals surface area (Å²) in [5, 5.41) is 7.96. The normalized spacial score (nSPS) is 11.9. The van der Waals surface area contributed by atoms with Gasteiger partial charge in [0.15, 0.2) is 0 Å². The van der Waals surface area contributed by atoms with Crippen molar-refractivity contribution < 1.29 is 0 Å². The summed E-state index contributed by atoms with van der Waals surface area (Å²) in [6, 6.07) is 2.05. The lowest BCUT2D eigenvalue weighted by molar-refractivity contribution is 0.670. The quantitative estimate of drug-likeness (QED) is 0.754. The Kier molecular flexibility index (Phi) is 2.42. The molecule has 80 valence electrons. The molecule has 4 nitrogen and oxygen atoms in total. The highest BCUT2D eigenvalue weighted by Gasteiger charge is 2.12. The summed E-state index contributed by atoms with van der Waals surface area (Å²) in [4.78, 5) is 4.63. The van der Waals surface area contributed by atoms with E-state index in [9.17, 15) is 0 Å². The highest BCUT2D eigenvalue weighted by Crippen LogP contribution is 2.19. The SMILES string of the molecule is CC(C)c1cc2cnnn2c(C(C)C)n1. The number of fused-ring (bicyclic) bond motifs is 1. The molecule has 0 unspecified atom stereocenters. The average molecular weight is 204 g/mol. The van der Waals surface area contributed by atoms with Crippen LogP contribution in [0.2, 0.25) is 0 Å². The van der Waals surface area contributed by atoms with Crippen molar-refractivity contribution in [2.45, 2.75) is 39.5 Å². The molecule has 2 aromatic rings. The Morgan fingerprint density at radius 3 is 2.47 bits per heavy atom. The molecular formula is C11H16N4. The first-order chi connectivity index (χ1) is 7.09. The molecule has 0 aliphatic heterocycles. The second-order valence-corrected chi connectivity index (χ2v) is 4.42. The van der Waals surface area contributed by atoms with Crippen molar-refractivity contribution >= 4 is 5.52 Å². The summed E-state index contributed by atoms with van der Waals surface area (Å²) < 4.78 is 1.82. The van der Waals surface area contributed by atoms with Crippen molar-refractivity contribution in [1.29, 1.82) is 0 Å². The van der Waals surface area contributed by atoms with Crippen molar-refractivity contribution in [3.05, 3.63) is 23.8 Å². The lowest BCUT2D eigenvalue weighted by atomic mass is 10.1. The molecule has 0 saturated carbocycles. The molecule has 0 saturated heterocycles. The molecule has 15 heavy (non-hydrogen) atoms. The molecular weight excluding hydrogens is 188 g/mol. The fourth-order valence-electron chi connectivity index (χ4n) is 1.55. The Bertz CT molecular complexity index is 470. The number of hydrogen-bond acceptors (Lipinski definition) is 3. The first-order valence-corrected chi connectivity index (χ1v) is 5.31. The maximum atomic E-state index is 4.63. The number of aromatic nitrogens is 4. The fourth-order valence-corrected chi connectivity index (χ4v) is 1.55. The Labute approximate surface area is 89.3 Å². The summed E-state index contributed by atoms with van der Waals surface area (Å²) in [6.07, 6.45) is 1.78. The minimum atomic E-state index is 0.355. The molecule has 0 aromatic carbocycles. The van der Waals surface area contributed by atoms with Crippen LogP contribution in [0.25, 0.3) is 5.52 Å². The van der Waals surface area contributed by atoms with Gasteiger partial charge in [-0.05, 0) is 12.0 Å². The van der Waals surface area contributed by atoms with Gasteiger partial charge in [-0.1, -0.05) is 32.9 Å². The predicted molar refractivity (Wildman–Crippen MR) is 59.0 cm³/mol. The second-order valence-electron chi connectivity index (χ2n) is 4.42. The first-order valence-electron chi connectivity index (χ1n) is 5.31. The lowest BCUT2D eigenvalue weighted by Gasteiger charge is -2.11. The van der Waals surface area contributed by atoms with Crippen LogP contribution in [-0.4, -0.2) is 19.8 Å². The predicted octanol–water partition coefficient (Wildman–Crippen LogP) is 2.37. The van der Waals surface area contributed by atoms with Crippen molar-refractivity contribution in [2.75, 3.05) is 0 Å². The third-order valence-corrected chi connectivity index (χ3v) is 2.44. The van der Waals surface area contributed by atoms with Crippen LogP contribution in [0.3, 0.4) is 0 Å². The smallest absolute Gasteiger partial charge is 0.135 e. The average Bonchev–Trinajstić information content (AvgIpc) is 2.62. The van der Waals surface area contributed by atoms with Crippen LogP contribution in [0.5, 0.6) is 0 Å². The van der Waals surface area contributed by atoms with Crippen molar-refractivity contribution in [3.8, 4) is 0 Å². The zero-order valence-electron chi connectivity index (χ0n) is 9.60. The largest absolute Gasteiger partial charge is 0.237 e. The molecule has 0 bridgehead atoms. The molecule has 2 aromatic heterocycles. The molecule has 2 rings (SSSR count). The topological polar surface area (TPSA) is 43.1 Å². The Balaban J connectivity index is 2.69. The van der Waals surface area contributed by atoms with E-state index < -0.39 is 0 Å². The Morgan fingerprint density at radius 1 is 1.13 bits per heavy atom. The van der Waals surface area contributed by atoms with Crippen molar-refractivity contribution in [3.63, 3.8) is 0 Å². The van der Waals surface area contributed by atoms with Gasteiger partial charge in [0.2, 0.25) is 0 Å². The van der Waals surface area contributed by atoms with Gasteiger partial charge in [-0.3, -0.25) is 0 Å².